The monoisotopic (exact) mass is 411 g/mol. The molecule has 31 heavy (non-hydrogen) atoms. The summed E-state index contributed by atoms with van der Waals surface area (Å²) in [6.45, 7) is 2.03. The first-order valence-corrected chi connectivity index (χ1v) is 10.00. The molecule has 3 heterocycles. The van der Waals surface area contributed by atoms with E-state index >= 15 is 0 Å². The lowest BCUT2D eigenvalue weighted by Gasteiger charge is -2.14. The number of rotatable bonds is 4. The van der Waals surface area contributed by atoms with Gasteiger partial charge in [0.25, 0.3) is 17.6 Å². The Kier molecular flexibility index (Phi) is 4.43. The van der Waals surface area contributed by atoms with Crippen molar-refractivity contribution in [2.75, 3.05) is 6.54 Å². The fourth-order valence-corrected chi connectivity index (χ4v) is 3.98. The summed E-state index contributed by atoms with van der Waals surface area (Å²) in [4.78, 5) is 47.9. The highest BCUT2D eigenvalue weighted by Gasteiger charge is 2.35. The second kappa shape index (κ2) is 7.28. The van der Waals surface area contributed by atoms with Gasteiger partial charge in [-0.2, -0.15) is 0 Å². The van der Waals surface area contributed by atoms with Crippen LogP contribution in [0, 0.1) is 6.92 Å². The Hall–Kier alpha value is -4.13. The van der Waals surface area contributed by atoms with Crippen molar-refractivity contribution in [3.05, 3.63) is 99.7 Å². The van der Waals surface area contributed by atoms with Gasteiger partial charge in [0.05, 0.1) is 28.2 Å². The normalized spacial score (nSPS) is 13.1. The lowest BCUT2D eigenvalue weighted by molar-refractivity contribution is -0.374. The average molecular weight is 411 g/mol. The topological polar surface area (TPSA) is 86.4 Å². The van der Waals surface area contributed by atoms with E-state index < -0.39 is 0 Å². The van der Waals surface area contributed by atoms with Gasteiger partial charge in [-0.1, -0.05) is 24.3 Å². The summed E-state index contributed by atoms with van der Waals surface area (Å²) in [6.07, 6.45) is 1.99. The van der Waals surface area contributed by atoms with Crippen LogP contribution in [0.2, 0.25) is 0 Å². The second-order valence-corrected chi connectivity index (χ2v) is 7.45. The number of aromatic amines is 1. The molecule has 4 aromatic rings. The molecule has 1 aliphatic rings. The molecule has 2 aromatic heterocycles. The number of hydrogen-bond donors (Lipinski definition) is 0. The number of carbonyl (C=O) groups excluding carboxylic acids is 2. The third-order valence-electron chi connectivity index (χ3n) is 5.54. The predicted octanol–water partition coefficient (Wildman–Crippen LogP) is 2.35. The maximum absolute atomic E-state index is 13.4. The number of hydrogen-bond acceptors (Lipinski definition) is 4. The molecule has 2 aromatic carbocycles. The standard InChI is InChI=1S/C24H18N4O3/c1-15-7-6-13-25-21(15)28-20(26-19-11-5-4-10-18(19)24(28)31)12-14-27-22(29)16-8-2-3-9-17(16)23(27)30/h2-11,13H,12,14H2,1H3/p+1. The minimum Gasteiger partial charge on any atom is -0.274 e. The third kappa shape index (κ3) is 3.02. The van der Waals surface area contributed by atoms with Crippen molar-refractivity contribution in [2.45, 2.75) is 13.3 Å². The van der Waals surface area contributed by atoms with Crippen molar-refractivity contribution in [2.24, 2.45) is 0 Å². The molecule has 0 fully saturated rings. The Balaban J connectivity index is 1.58. The molecule has 7 heteroatoms. The second-order valence-electron chi connectivity index (χ2n) is 7.45. The van der Waals surface area contributed by atoms with E-state index in [1.807, 2.05) is 25.1 Å². The van der Waals surface area contributed by atoms with Crippen LogP contribution in [0.25, 0.3) is 16.7 Å². The number of amides is 2. The fraction of sp³-hybridized carbons (Fsp3) is 0.125. The molecule has 7 nitrogen and oxygen atoms in total. The zero-order valence-electron chi connectivity index (χ0n) is 16.8. The number of nitrogens with zero attached hydrogens (tertiary/aromatic N) is 3. The van der Waals surface area contributed by atoms with Gasteiger partial charge in [0.15, 0.2) is 0 Å². The average Bonchev–Trinajstić information content (AvgIpc) is 3.03. The minimum absolute atomic E-state index is 0.128. The summed E-state index contributed by atoms with van der Waals surface area (Å²) < 4.78 is 1.54. The van der Waals surface area contributed by atoms with Gasteiger partial charge in [0.1, 0.15) is 0 Å². The molecular weight excluding hydrogens is 392 g/mol. The fourth-order valence-electron chi connectivity index (χ4n) is 3.98. The van der Waals surface area contributed by atoms with E-state index in [9.17, 15) is 14.4 Å². The molecule has 0 unspecified atom stereocenters. The predicted molar refractivity (Wildman–Crippen MR) is 114 cm³/mol. The highest BCUT2D eigenvalue weighted by Crippen LogP contribution is 2.23. The number of para-hydroxylation sites is 1. The Morgan fingerprint density at radius 3 is 2.26 bits per heavy atom. The van der Waals surface area contributed by atoms with Crippen molar-refractivity contribution < 1.29 is 14.6 Å². The largest absolute Gasteiger partial charge is 0.349 e. The maximum Gasteiger partial charge on any atom is 0.349 e. The molecule has 0 bridgehead atoms. The Bertz CT molecular complexity index is 1390. The Morgan fingerprint density at radius 1 is 0.871 bits per heavy atom. The van der Waals surface area contributed by atoms with Gasteiger partial charge in [-0.05, 0) is 43.3 Å². The smallest absolute Gasteiger partial charge is 0.274 e. The number of aromatic nitrogens is 3. The molecule has 0 spiro atoms. The van der Waals surface area contributed by atoms with Gasteiger partial charge in [0, 0.05) is 18.5 Å². The number of carbonyl (C=O) groups is 2. The number of H-pyrrole nitrogens is 1. The van der Waals surface area contributed by atoms with Crippen LogP contribution in [0.3, 0.4) is 0 Å². The van der Waals surface area contributed by atoms with Crippen LogP contribution in [0.5, 0.6) is 0 Å². The van der Waals surface area contributed by atoms with Crippen LogP contribution >= 0.6 is 0 Å². The number of nitrogens with one attached hydrogen (secondary N) is 1. The highest BCUT2D eigenvalue weighted by molar-refractivity contribution is 6.21. The Labute approximate surface area is 177 Å². The molecule has 0 saturated carbocycles. The van der Waals surface area contributed by atoms with Gasteiger partial charge >= 0.3 is 5.56 Å². The van der Waals surface area contributed by atoms with Crippen LogP contribution in [0.15, 0.2) is 71.7 Å². The van der Waals surface area contributed by atoms with E-state index in [0.29, 0.717) is 33.7 Å². The lowest BCUT2D eigenvalue weighted by atomic mass is 10.1. The van der Waals surface area contributed by atoms with Crippen molar-refractivity contribution in [3.63, 3.8) is 0 Å². The van der Waals surface area contributed by atoms with Crippen LogP contribution < -0.4 is 10.5 Å². The molecule has 0 radical (unpaired) electrons. The zero-order chi connectivity index (χ0) is 21.5. The lowest BCUT2D eigenvalue weighted by Crippen LogP contribution is -2.35. The van der Waals surface area contributed by atoms with Crippen LogP contribution in [0.4, 0.5) is 0 Å². The summed E-state index contributed by atoms with van der Waals surface area (Å²) in [5.74, 6) is 0.449. The SMILES string of the molecule is Cc1ccc[nH+]c1-n1c(CCN2C(=O)c3ccccc3C2=O)nc2ccccc2c1=O. The molecular formula is C24H19N4O3+. The number of imide groups is 1. The molecule has 2 amide bonds. The maximum atomic E-state index is 13.4. The summed E-state index contributed by atoms with van der Waals surface area (Å²) in [6, 6.07) is 17.7. The molecule has 0 atom stereocenters. The van der Waals surface area contributed by atoms with E-state index in [4.69, 9.17) is 4.98 Å². The van der Waals surface area contributed by atoms with Crippen LogP contribution in [0.1, 0.15) is 32.1 Å². The first kappa shape index (κ1) is 18.9. The first-order valence-electron chi connectivity index (χ1n) is 10.00. The molecule has 0 saturated heterocycles. The van der Waals surface area contributed by atoms with E-state index in [1.54, 1.807) is 48.7 Å². The summed E-state index contributed by atoms with van der Waals surface area (Å²) in [5, 5.41) is 0.503. The molecule has 152 valence electrons. The number of pyridine rings is 1. The van der Waals surface area contributed by atoms with E-state index in [2.05, 4.69) is 4.98 Å². The van der Waals surface area contributed by atoms with E-state index in [1.165, 1.54) is 9.47 Å². The highest BCUT2D eigenvalue weighted by atomic mass is 16.2. The van der Waals surface area contributed by atoms with E-state index in [-0.39, 0.29) is 30.3 Å². The molecule has 1 aliphatic heterocycles. The Morgan fingerprint density at radius 2 is 1.55 bits per heavy atom. The van der Waals surface area contributed by atoms with Gasteiger partial charge < -0.3 is 0 Å². The number of benzene rings is 2. The summed E-state index contributed by atoms with van der Waals surface area (Å²) in [7, 11) is 0. The van der Waals surface area contributed by atoms with Crippen molar-refractivity contribution >= 4 is 22.7 Å². The van der Waals surface area contributed by atoms with Gasteiger partial charge in [0.2, 0.25) is 5.82 Å². The van der Waals surface area contributed by atoms with Crippen molar-refractivity contribution in [1.29, 1.82) is 0 Å². The quantitative estimate of drug-likeness (QED) is 0.483. The minimum atomic E-state index is -0.322. The van der Waals surface area contributed by atoms with Gasteiger partial charge in [-0.25, -0.2) is 14.8 Å². The van der Waals surface area contributed by atoms with E-state index in [0.717, 1.165) is 5.56 Å². The van der Waals surface area contributed by atoms with Crippen LogP contribution in [-0.4, -0.2) is 32.8 Å². The molecule has 0 aliphatic carbocycles. The summed E-state index contributed by atoms with van der Waals surface area (Å²) >= 11 is 0. The molecule has 5 rings (SSSR count). The number of aryl methyl sites for hydroxylation is 1. The van der Waals surface area contributed by atoms with Crippen molar-refractivity contribution in [3.8, 4) is 5.82 Å². The van der Waals surface area contributed by atoms with Gasteiger partial charge in [-0.3, -0.25) is 14.5 Å². The third-order valence-corrected chi connectivity index (χ3v) is 5.54. The zero-order valence-corrected chi connectivity index (χ0v) is 16.8. The van der Waals surface area contributed by atoms with Crippen LogP contribution in [-0.2, 0) is 6.42 Å². The van der Waals surface area contributed by atoms with Crippen molar-refractivity contribution in [1.82, 2.24) is 14.5 Å². The summed E-state index contributed by atoms with van der Waals surface area (Å²) in [5.41, 5.74) is 2.07. The number of fused-ring (bicyclic) bond motifs is 2. The first-order chi connectivity index (χ1) is 15.1. The molecule has 1 N–H and O–H groups in total. The van der Waals surface area contributed by atoms with Gasteiger partial charge in [-0.15, -0.1) is 4.57 Å².